The number of fused-ring (bicyclic) bond motifs is 1. The fraction of sp³-hybridized carbons (Fsp3) is 0.833. The molecule has 2 aliphatic rings. The van der Waals surface area contributed by atoms with Crippen LogP contribution >= 0.6 is 0 Å². The van der Waals surface area contributed by atoms with Gasteiger partial charge in [0, 0.05) is 32.7 Å². The van der Waals surface area contributed by atoms with E-state index in [0.717, 1.165) is 0 Å². The lowest BCUT2D eigenvalue weighted by atomic mass is 9.90. The number of aliphatic carboxylic acids is 1. The van der Waals surface area contributed by atoms with Crippen molar-refractivity contribution in [2.45, 2.75) is 59.1 Å². The van der Waals surface area contributed by atoms with Gasteiger partial charge in [-0.1, -0.05) is 6.92 Å². The van der Waals surface area contributed by atoms with Gasteiger partial charge in [-0.25, -0.2) is 9.59 Å². The fourth-order valence-corrected chi connectivity index (χ4v) is 3.57. The minimum Gasteiger partial charge on any atom is -0.481 e. The predicted octanol–water partition coefficient (Wildman–Crippen LogP) is 2.23. The van der Waals surface area contributed by atoms with E-state index in [2.05, 4.69) is 0 Å². The molecule has 2 aliphatic heterocycles. The lowest BCUT2D eigenvalue weighted by molar-refractivity contribution is -0.147. The van der Waals surface area contributed by atoms with Crippen molar-refractivity contribution in [3.8, 4) is 0 Å². The third-order valence-corrected chi connectivity index (χ3v) is 5.11. The lowest BCUT2D eigenvalue weighted by Gasteiger charge is -2.45. The maximum absolute atomic E-state index is 12.8. The molecule has 0 bridgehead atoms. The van der Waals surface area contributed by atoms with Crippen LogP contribution in [0.1, 0.15) is 48.0 Å². The Hall–Kier alpha value is -1.99. The van der Waals surface area contributed by atoms with E-state index < -0.39 is 22.5 Å². The maximum Gasteiger partial charge on any atom is 0.410 e. The summed E-state index contributed by atoms with van der Waals surface area (Å²) in [7, 11) is 0. The molecule has 2 saturated heterocycles. The molecule has 0 aromatic rings. The van der Waals surface area contributed by atoms with Crippen molar-refractivity contribution in [1.82, 2.24) is 14.7 Å². The Morgan fingerprint density at radius 2 is 1.77 bits per heavy atom. The highest BCUT2D eigenvalue weighted by atomic mass is 16.6. The summed E-state index contributed by atoms with van der Waals surface area (Å²) in [6, 6.07) is -0.148. The zero-order valence-corrected chi connectivity index (χ0v) is 16.7. The summed E-state index contributed by atoms with van der Waals surface area (Å²) in [5.74, 6) is -0.934. The average molecular weight is 369 g/mol. The third-order valence-electron chi connectivity index (χ3n) is 5.11. The fourth-order valence-electron chi connectivity index (χ4n) is 3.57. The normalized spacial score (nSPS) is 23.9. The number of rotatable bonds is 4. The smallest absolute Gasteiger partial charge is 0.410 e. The number of carbonyl (C=O) groups is 3. The molecular formula is C18H31N3O5. The summed E-state index contributed by atoms with van der Waals surface area (Å²) < 4.78 is 5.47. The summed E-state index contributed by atoms with van der Waals surface area (Å²) in [5, 5.41) is 9.37. The van der Waals surface area contributed by atoms with Crippen LogP contribution in [0.4, 0.5) is 9.59 Å². The number of amides is 3. The molecule has 0 radical (unpaired) electrons. The molecular weight excluding hydrogens is 338 g/mol. The van der Waals surface area contributed by atoms with Crippen molar-refractivity contribution in [3.63, 3.8) is 0 Å². The molecule has 0 saturated carbocycles. The number of carboxylic acids is 1. The highest BCUT2D eigenvalue weighted by Crippen LogP contribution is 2.35. The van der Waals surface area contributed by atoms with Crippen LogP contribution in [0.5, 0.6) is 0 Å². The van der Waals surface area contributed by atoms with Gasteiger partial charge in [0.1, 0.15) is 5.60 Å². The van der Waals surface area contributed by atoms with Gasteiger partial charge in [-0.3, -0.25) is 4.79 Å². The molecule has 8 heteroatoms. The molecule has 2 fully saturated rings. The first-order valence-electron chi connectivity index (χ1n) is 9.09. The van der Waals surface area contributed by atoms with Crippen LogP contribution in [-0.4, -0.2) is 81.8 Å². The maximum atomic E-state index is 12.8. The van der Waals surface area contributed by atoms with E-state index in [0.29, 0.717) is 32.6 Å². The summed E-state index contributed by atoms with van der Waals surface area (Å²) in [4.78, 5) is 41.8. The van der Waals surface area contributed by atoms with Gasteiger partial charge in [0.2, 0.25) is 0 Å². The van der Waals surface area contributed by atoms with Crippen molar-refractivity contribution in [1.29, 1.82) is 0 Å². The van der Waals surface area contributed by atoms with Gasteiger partial charge in [-0.05, 0) is 41.0 Å². The molecule has 148 valence electrons. The molecule has 26 heavy (non-hydrogen) atoms. The van der Waals surface area contributed by atoms with Gasteiger partial charge in [0.05, 0.1) is 11.0 Å². The van der Waals surface area contributed by atoms with Gasteiger partial charge in [0.15, 0.2) is 0 Å². The molecule has 1 atom stereocenters. The topological polar surface area (TPSA) is 90.4 Å². The standard InChI is InChI=1S/C18H31N3O5/c1-7-18-11-19(15(25)26-16(2,3)4)8-9-21(18)14(24)20(12-18)10-17(5,6)13(22)23/h7-12H2,1-6H3,(H,22,23)/t18-/m0/s1. The van der Waals surface area contributed by atoms with E-state index in [-0.39, 0.29) is 18.7 Å². The molecule has 0 aromatic heterocycles. The first-order valence-corrected chi connectivity index (χ1v) is 9.09. The Labute approximate surface area is 155 Å². The Kier molecular flexibility index (Phi) is 5.18. The predicted molar refractivity (Wildman–Crippen MR) is 95.9 cm³/mol. The number of carbonyl (C=O) groups excluding carboxylic acids is 2. The second-order valence-corrected chi connectivity index (χ2v) is 8.96. The zero-order valence-electron chi connectivity index (χ0n) is 16.7. The van der Waals surface area contributed by atoms with Crippen LogP contribution in [0, 0.1) is 5.41 Å². The van der Waals surface area contributed by atoms with Gasteiger partial charge in [-0.2, -0.15) is 0 Å². The van der Waals surface area contributed by atoms with Gasteiger partial charge in [0.25, 0.3) is 0 Å². The van der Waals surface area contributed by atoms with Crippen molar-refractivity contribution in [3.05, 3.63) is 0 Å². The Morgan fingerprint density at radius 1 is 1.15 bits per heavy atom. The first-order chi connectivity index (χ1) is 11.8. The number of urea groups is 1. The molecule has 2 heterocycles. The third kappa shape index (κ3) is 3.88. The van der Waals surface area contributed by atoms with Crippen LogP contribution in [0.3, 0.4) is 0 Å². The van der Waals surface area contributed by atoms with E-state index in [1.807, 2.05) is 27.7 Å². The molecule has 3 amide bonds. The zero-order chi connectivity index (χ0) is 19.9. The minimum absolute atomic E-state index is 0.145. The van der Waals surface area contributed by atoms with E-state index in [1.54, 1.807) is 28.5 Å². The summed E-state index contributed by atoms with van der Waals surface area (Å²) in [6.45, 7) is 12.5. The monoisotopic (exact) mass is 369 g/mol. The van der Waals surface area contributed by atoms with Crippen molar-refractivity contribution >= 4 is 18.1 Å². The van der Waals surface area contributed by atoms with Crippen molar-refractivity contribution in [2.75, 3.05) is 32.7 Å². The van der Waals surface area contributed by atoms with Crippen molar-refractivity contribution in [2.24, 2.45) is 5.41 Å². The molecule has 0 aliphatic carbocycles. The Balaban J connectivity index is 2.17. The van der Waals surface area contributed by atoms with Crippen LogP contribution in [0.2, 0.25) is 0 Å². The minimum atomic E-state index is -1.02. The summed E-state index contributed by atoms with van der Waals surface area (Å²) >= 11 is 0. The van der Waals surface area contributed by atoms with Gasteiger partial charge < -0.3 is 24.5 Å². The Morgan fingerprint density at radius 3 is 2.27 bits per heavy atom. The SMILES string of the molecule is CC[C@@]12CN(C(=O)OC(C)(C)C)CCN1C(=O)N(CC(C)(C)C(=O)O)C2. The molecule has 2 rings (SSSR count). The van der Waals surface area contributed by atoms with E-state index in [9.17, 15) is 19.5 Å². The summed E-state index contributed by atoms with van der Waals surface area (Å²) in [5.41, 5.74) is -2.10. The second kappa shape index (κ2) is 6.63. The second-order valence-electron chi connectivity index (χ2n) is 8.96. The molecule has 0 spiro atoms. The number of piperazine rings is 1. The van der Waals surface area contributed by atoms with Gasteiger partial charge >= 0.3 is 18.1 Å². The van der Waals surface area contributed by atoms with Crippen molar-refractivity contribution < 1.29 is 24.2 Å². The number of nitrogens with zero attached hydrogens (tertiary/aromatic N) is 3. The number of carboxylic acid groups (broad SMARTS) is 1. The van der Waals surface area contributed by atoms with Crippen LogP contribution in [0.25, 0.3) is 0 Å². The molecule has 1 N–H and O–H groups in total. The quantitative estimate of drug-likeness (QED) is 0.821. The van der Waals surface area contributed by atoms with E-state index in [1.165, 1.54) is 0 Å². The van der Waals surface area contributed by atoms with Crippen LogP contribution < -0.4 is 0 Å². The Bertz CT molecular complexity index is 598. The van der Waals surface area contributed by atoms with E-state index in [4.69, 9.17) is 4.74 Å². The highest BCUT2D eigenvalue weighted by molar-refractivity contribution is 5.81. The van der Waals surface area contributed by atoms with E-state index >= 15 is 0 Å². The number of hydrogen-bond donors (Lipinski definition) is 1. The molecule has 0 aromatic carbocycles. The largest absolute Gasteiger partial charge is 0.481 e. The average Bonchev–Trinajstić information content (AvgIpc) is 2.77. The number of ether oxygens (including phenoxy) is 1. The van der Waals surface area contributed by atoms with Gasteiger partial charge in [-0.15, -0.1) is 0 Å². The highest BCUT2D eigenvalue weighted by Gasteiger charge is 2.53. The number of hydrogen-bond acceptors (Lipinski definition) is 4. The molecule has 8 nitrogen and oxygen atoms in total. The first kappa shape index (κ1) is 20.3. The summed E-state index contributed by atoms with van der Waals surface area (Å²) in [6.07, 6.45) is 0.309. The lowest BCUT2D eigenvalue weighted by Crippen LogP contribution is -2.62. The van der Waals surface area contributed by atoms with Crippen LogP contribution in [0.15, 0.2) is 0 Å². The van der Waals surface area contributed by atoms with Crippen LogP contribution in [-0.2, 0) is 9.53 Å². The molecule has 0 unspecified atom stereocenters.